The summed E-state index contributed by atoms with van der Waals surface area (Å²) < 4.78 is 72.4. The molecule has 0 spiro atoms. The minimum Gasteiger partial charge on any atom is -0.469 e. The highest BCUT2D eigenvalue weighted by Crippen LogP contribution is 2.31. The minimum absolute atomic E-state index is 0.0364. The lowest BCUT2D eigenvalue weighted by atomic mass is 10.1. The molecule has 25 heavy (non-hydrogen) atoms. The smallest absolute Gasteiger partial charge is 0.266 e. The summed E-state index contributed by atoms with van der Waals surface area (Å²) in [6.45, 7) is 0. The van der Waals surface area contributed by atoms with Crippen LogP contribution in [0.1, 0.15) is 24.5 Å². The van der Waals surface area contributed by atoms with Crippen molar-refractivity contribution in [3.8, 4) is 5.75 Å². The van der Waals surface area contributed by atoms with Gasteiger partial charge in [-0.25, -0.2) is 13.2 Å². The Balaban J connectivity index is 1.97. The highest BCUT2D eigenvalue weighted by atomic mass is 19.2. The molecule has 132 valence electrons. The van der Waals surface area contributed by atoms with Gasteiger partial charge in [0, 0.05) is 17.7 Å². The van der Waals surface area contributed by atoms with Crippen LogP contribution in [0.2, 0.25) is 0 Å². The quantitative estimate of drug-likeness (QED) is 0.653. The van der Waals surface area contributed by atoms with Crippen LogP contribution >= 0.6 is 0 Å². The van der Waals surface area contributed by atoms with Crippen LogP contribution in [0, 0.1) is 29.1 Å². The van der Waals surface area contributed by atoms with E-state index in [9.17, 15) is 26.7 Å². The Hall–Kier alpha value is -2.64. The molecule has 3 rings (SSSR count). The summed E-state index contributed by atoms with van der Waals surface area (Å²) >= 11 is 0. The number of hydrogen-bond donors (Lipinski definition) is 1. The van der Waals surface area contributed by atoms with E-state index in [0.717, 1.165) is 25.0 Å². The monoisotopic (exact) mass is 357 g/mol. The summed E-state index contributed by atoms with van der Waals surface area (Å²) in [7, 11) is 0. The Morgan fingerprint density at radius 2 is 1.56 bits per heavy atom. The normalized spacial score (nSPS) is 14.9. The molecule has 1 aliphatic rings. The molecule has 8 heteroatoms. The average molecular weight is 357 g/mol. The molecule has 1 aliphatic carbocycles. The Kier molecular flexibility index (Phi) is 4.61. The van der Waals surface area contributed by atoms with E-state index in [1.807, 2.05) is 0 Å². The lowest BCUT2D eigenvalue weighted by Gasteiger charge is -2.20. The number of rotatable bonds is 5. The zero-order valence-electron chi connectivity index (χ0n) is 12.7. The van der Waals surface area contributed by atoms with Crippen molar-refractivity contribution in [1.29, 1.82) is 0 Å². The number of carbonyl (C=O) groups excluding carboxylic acids is 1. The first-order valence-corrected chi connectivity index (χ1v) is 7.42. The summed E-state index contributed by atoms with van der Waals surface area (Å²) in [5.41, 5.74) is 0.0722. The summed E-state index contributed by atoms with van der Waals surface area (Å²) in [4.78, 5) is 12.3. The van der Waals surface area contributed by atoms with Gasteiger partial charge in [0.2, 0.25) is 17.7 Å². The van der Waals surface area contributed by atoms with Gasteiger partial charge >= 0.3 is 0 Å². The SMILES string of the molecule is O=C(NC1CC1)[C@@H](Oc1c(F)c(F)cc(F)c1F)c1ccc(F)cc1. The number of nitrogens with one attached hydrogen (secondary N) is 1. The van der Waals surface area contributed by atoms with Crippen LogP contribution in [-0.4, -0.2) is 11.9 Å². The van der Waals surface area contributed by atoms with Gasteiger partial charge in [-0.3, -0.25) is 4.79 Å². The highest BCUT2D eigenvalue weighted by Gasteiger charge is 2.32. The zero-order chi connectivity index (χ0) is 18.1. The molecule has 1 N–H and O–H groups in total. The van der Waals surface area contributed by atoms with Gasteiger partial charge in [-0.05, 0) is 25.0 Å². The highest BCUT2D eigenvalue weighted by molar-refractivity contribution is 5.83. The van der Waals surface area contributed by atoms with Crippen molar-refractivity contribution in [3.63, 3.8) is 0 Å². The number of ether oxygens (including phenoxy) is 1. The maximum Gasteiger partial charge on any atom is 0.266 e. The van der Waals surface area contributed by atoms with Crippen LogP contribution in [0.5, 0.6) is 5.75 Å². The topological polar surface area (TPSA) is 38.3 Å². The van der Waals surface area contributed by atoms with Crippen molar-refractivity contribution in [1.82, 2.24) is 5.32 Å². The average Bonchev–Trinajstić information content (AvgIpc) is 3.38. The summed E-state index contributed by atoms with van der Waals surface area (Å²) in [5, 5.41) is 2.57. The van der Waals surface area contributed by atoms with E-state index in [0.29, 0.717) is 0 Å². The van der Waals surface area contributed by atoms with Crippen molar-refractivity contribution in [2.45, 2.75) is 25.0 Å². The molecule has 3 nitrogen and oxygen atoms in total. The Labute approximate surface area is 139 Å². The molecule has 0 aliphatic heterocycles. The number of amides is 1. The Morgan fingerprint density at radius 1 is 1.00 bits per heavy atom. The van der Waals surface area contributed by atoms with Crippen LogP contribution in [0.3, 0.4) is 0 Å². The van der Waals surface area contributed by atoms with Crippen molar-refractivity contribution in [2.75, 3.05) is 0 Å². The molecule has 1 saturated carbocycles. The Morgan fingerprint density at radius 3 is 2.08 bits per heavy atom. The largest absolute Gasteiger partial charge is 0.469 e. The molecule has 0 bridgehead atoms. The number of carbonyl (C=O) groups is 1. The summed E-state index contributed by atoms with van der Waals surface area (Å²) in [5.74, 6) is -9.53. The lowest BCUT2D eigenvalue weighted by molar-refractivity contribution is -0.128. The fraction of sp³-hybridized carbons (Fsp3) is 0.235. The van der Waals surface area contributed by atoms with Crippen LogP contribution in [0.15, 0.2) is 30.3 Å². The fourth-order valence-corrected chi connectivity index (χ4v) is 2.19. The Bertz CT molecular complexity index is 779. The number of hydrogen-bond acceptors (Lipinski definition) is 2. The first-order valence-electron chi connectivity index (χ1n) is 7.42. The summed E-state index contributed by atoms with van der Waals surface area (Å²) in [6, 6.07) is 4.34. The molecule has 0 heterocycles. The second kappa shape index (κ2) is 6.70. The van der Waals surface area contributed by atoms with E-state index in [1.54, 1.807) is 0 Å². The molecular weight excluding hydrogens is 345 g/mol. The van der Waals surface area contributed by atoms with Crippen LogP contribution in [0.4, 0.5) is 22.0 Å². The predicted octanol–water partition coefficient (Wildman–Crippen LogP) is 3.78. The van der Waals surface area contributed by atoms with Gasteiger partial charge in [0.1, 0.15) is 5.82 Å². The van der Waals surface area contributed by atoms with Gasteiger partial charge in [-0.2, -0.15) is 8.78 Å². The minimum atomic E-state index is -1.76. The number of benzene rings is 2. The van der Waals surface area contributed by atoms with E-state index < -0.39 is 46.8 Å². The van der Waals surface area contributed by atoms with Gasteiger partial charge in [-0.15, -0.1) is 0 Å². The zero-order valence-corrected chi connectivity index (χ0v) is 12.7. The molecular formula is C17H12F5NO2. The fourth-order valence-electron chi connectivity index (χ4n) is 2.19. The van der Waals surface area contributed by atoms with Crippen LogP contribution in [0.25, 0.3) is 0 Å². The second-order valence-electron chi connectivity index (χ2n) is 5.63. The van der Waals surface area contributed by atoms with Gasteiger partial charge in [0.15, 0.2) is 17.4 Å². The first kappa shape index (κ1) is 17.2. The maximum absolute atomic E-state index is 13.8. The van der Waals surface area contributed by atoms with E-state index in [2.05, 4.69) is 5.32 Å². The molecule has 1 fully saturated rings. The van der Waals surface area contributed by atoms with Gasteiger partial charge in [0.25, 0.3) is 5.91 Å². The molecule has 2 aromatic carbocycles. The van der Waals surface area contributed by atoms with E-state index >= 15 is 0 Å². The molecule has 1 amide bonds. The standard InChI is InChI=1S/C17H12F5NO2/c18-9-3-1-8(2-4-9)15(17(24)23-10-5-6-10)25-16-13(21)11(19)7-12(20)14(16)22/h1-4,7,10,15H,5-6H2,(H,23,24)/t15-/m0/s1. The van der Waals surface area contributed by atoms with E-state index in [4.69, 9.17) is 4.74 Å². The third-order valence-corrected chi connectivity index (χ3v) is 3.64. The van der Waals surface area contributed by atoms with Crippen molar-refractivity contribution in [3.05, 3.63) is 65.0 Å². The maximum atomic E-state index is 13.8. The molecule has 0 radical (unpaired) electrons. The van der Waals surface area contributed by atoms with E-state index in [-0.39, 0.29) is 17.7 Å². The van der Waals surface area contributed by atoms with Crippen molar-refractivity contribution < 1.29 is 31.5 Å². The second-order valence-corrected chi connectivity index (χ2v) is 5.63. The molecule has 0 unspecified atom stereocenters. The van der Waals surface area contributed by atoms with Crippen LogP contribution in [-0.2, 0) is 4.79 Å². The lowest BCUT2D eigenvalue weighted by Crippen LogP contribution is -2.34. The molecule has 0 saturated heterocycles. The first-order chi connectivity index (χ1) is 11.9. The summed E-state index contributed by atoms with van der Waals surface area (Å²) in [6.07, 6.45) is -0.135. The van der Waals surface area contributed by atoms with Crippen LogP contribution < -0.4 is 10.1 Å². The molecule has 2 aromatic rings. The van der Waals surface area contributed by atoms with Crippen molar-refractivity contribution >= 4 is 5.91 Å². The van der Waals surface area contributed by atoms with Crippen molar-refractivity contribution in [2.24, 2.45) is 0 Å². The molecule has 1 atom stereocenters. The predicted molar refractivity (Wildman–Crippen MR) is 77.2 cm³/mol. The number of halogens is 5. The van der Waals surface area contributed by atoms with Gasteiger partial charge in [0.05, 0.1) is 0 Å². The molecule has 0 aromatic heterocycles. The van der Waals surface area contributed by atoms with Gasteiger partial charge in [-0.1, -0.05) is 12.1 Å². The van der Waals surface area contributed by atoms with E-state index in [1.165, 1.54) is 12.1 Å². The third-order valence-electron chi connectivity index (χ3n) is 3.64. The third kappa shape index (κ3) is 3.72. The van der Waals surface area contributed by atoms with Gasteiger partial charge < -0.3 is 10.1 Å².